The maximum atomic E-state index is 11.6. The van der Waals surface area contributed by atoms with Gasteiger partial charge in [-0.05, 0) is 30.9 Å². The van der Waals surface area contributed by atoms with Gasteiger partial charge in [0.1, 0.15) is 12.3 Å². The van der Waals surface area contributed by atoms with Gasteiger partial charge in [0.15, 0.2) is 5.96 Å². The van der Waals surface area contributed by atoms with Crippen molar-refractivity contribution in [3.05, 3.63) is 24.2 Å². The number of guanidine groups is 1. The van der Waals surface area contributed by atoms with Crippen LogP contribution in [-0.2, 0) is 11.3 Å². The molecule has 0 saturated carbocycles. The van der Waals surface area contributed by atoms with Crippen molar-refractivity contribution in [2.24, 2.45) is 16.6 Å². The Bertz CT molecular complexity index is 454. The van der Waals surface area contributed by atoms with E-state index in [1.807, 2.05) is 11.0 Å². The van der Waals surface area contributed by atoms with Gasteiger partial charge in [0.2, 0.25) is 5.91 Å². The van der Waals surface area contributed by atoms with E-state index in [4.69, 9.17) is 10.2 Å². The van der Waals surface area contributed by atoms with Gasteiger partial charge in [0.05, 0.1) is 12.8 Å². The summed E-state index contributed by atoms with van der Waals surface area (Å²) in [7, 11) is 0. The smallest absolute Gasteiger partial charge is 0.242 e. The number of nitrogens with two attached hydrogens (primary N) is 1. The molecule has 2 rings (SSSR count). The molecule has 7 heteroatoms. The number of piperidine rings is 1. The number of rotatable bonds is 4. The van der Waals surface area contributed by atoms with Crippen molar-refractivity contribution in [2.75, 3.05) is 19.6 Å². The lowest BCUT2D eigenvalue weighted by Gasteiger charge is -2.30. The fraction of sp³-hybridized carbons (Fsp3) is 0.571. The topological polar surface area (TPSA) is 83.9 Å². The molecule has 1 aromatic heterocycles. The first-order valence-corrected chi connectivity index (χ1v) is 6.99. The van der Waals surface area contributed by atoms with Crippen LogP contribution in [0, 0.1) is 5.92 Å². The van der Waals surface area contributed by atoms with Crippen molar-refractivity contribution in [1.82, 2.24) is 10.2 Å². The molecule has 0 radical (unpaired) electrons. The van der Waals surface area contributed by atoms with Gasteiger partial charge in [-0.1, -0.05) is 6.92 Å². The SMILES string of the molecule is CC1CCN(C(N)=NCC(=O)NCc2ccco2)CC1.I. The van der Waals surface area contributed by atoms with Crippen LogP contribution in [0.15, 0.2) is 27.8 Å². The standard InChI is InChI=1S/C14H22N4O2.HI/c1-11-4-6-18(7-5-11)14(15)17-10-13(19)16-9-12-3-2-8-20-12;/h2-3,8,11H,4-7,9-10H2,1H3,(H2,15,17)(H,16,19);1H. The van der Waals surface area contributed by atoms with Crippen molar-refractivity contribution in [1.29, 1.82) is 0 Å². The lowest BCUT2D eigenvalue weighted by molar-refractivity contribution is -0.119. The molecule has 0 spiro atoms. The number of likely N-dealkylation sites (tertiary alicyclic amines) is 1. The summed E-state index contributed by atoms with van der Waals surface area (Å²) in [4.78, 5) is 17.8. The highest BCUT2D eigenvalue weighted by Crippen LogP contribution is 2.15. The molecule has 1 fully saturated rings. The molecule has 0 aliphatic carbocycles. The van der Waals surface area contributed by atoms with Crippen molar-refractivity contribution in [3.63, 3.8) is 0 Å². The van der Waals surface area contributed by atoms with E-state index in [1.165, 1.54) is 0 Å². The average Bonchev–Trinajstić information content (AvgIpc) is 2.96. The van der Waals surface area contributed by atoms with Crippen LogP contribution in [0.4, 0.5) is 0 Å². The number of nitrogens with one attached hydrogen (secondary N) is 1. The minimum Gasteiger partial charge on any atom is -0.467 e. The monoisotopic (exact) mass is 406 g/mol. The fourth-order valence-corrected chi connectivity index (χ4v) is 2.15. The second-order valence-electron chi connectivity index (χ2n) is 5.20. The van der Waals surface area contributed by atoms with Crippen molar-refractivity contribution >= 4 is 35.8 Å². The normalized spacial score (nSPS) is 16.4. The van der Waals surface area contributed by atoms with E-state index in [0.29, 0.717) is 12.5 Å². The van der Waals surface area contributed by atoms with Gasteiger partial charge in [-0.2, -0.15) is 0 Å². The molecule has 0 aromatic carbocycles. The largest absolute Gasteiger partial charge is 0.467 e. The summed E-state index contributed by atoms with van der Waals surface area (Å²) >= 11 is 0. The van der Waals surface area contributed by atoms with Crippen LogP contribution in [0.1, 0.15) is 25.5 Å². The summed E-state index contributed by atoms with van der Waals surface area (Å²) in [5.74, 6) is 1.77. The van der Waals surface area contributed by atoms with E-state index in [-0.39, 0.29) is 36.4 Å². The van der Waals surface area contributed by atoms with Gasteiger partial charge >= 0.3 is 0 Å². The third kappa shape index (κ3) is 5.94. The highest BCUT2D eigenvalue weighted by atomic mass is 127. The first-order chi connectivity index (χ1) is 9.65. The molecule has 21 heavy (non-hydrogen) atoms. The van der Waals surface area contributed by atoms with E-state index < -0.39 is 0 Å². The maximum absolute atomic E-state index is 11.6. The van der Waals surface area contributed by atoms with Gasteiger partial charge in [0.25, 0.3) is 0 Å². The van der Waals surface area contributed by atoms with E-state index in [0.717, 1.165) is 37.6 Å². The lowest BCUT2D eigenvalue weighted by Crippen LogP contribution is -2.43. The van der Waals surface area contributed by atoms with E-state index in [1.54, 1.807) is 12.3 Å². The van der Waals surface area contributed by atoms with Crippen LogP contribution in [0.2, 0.25) is 0 Å². The molecule has 6 nitrogen and oxygen atoms in total. The van der Waals surface area contributed by atoms with E-state index in [9.17, 15) is 4.79 Å². The zero-order valence-corrected chi connectivity index (χ0v) is 14.6. The second-order valence-corrected chi connectivity index (χ2v) is 5.20. The molecular formula is C14H23IN4O2. The highest BCUT2D eigenvalue weighted by Gasteiger charge is 2.17. The van der Waals surface area contributed by atoms with Crippen LogP contribution < -0.4 is 11.1 Å². The number of hydrogen-bond acceptors (Lipinski definition) is 3. The summed E-state index contributed by atoms with van der Waals surface area (Å²) in [6, 6.07) is 3.60. The Kier molecular flexibility index (Phi) is 7.55. The first-order valence-electron chi connectivity index (χ1n) is 6.99. The number of aliphatic imine (C=N–C) groups is 1. The van der Waals surface area contributed by atoms with Crippen LogP contribution >= 0.6 is 24.0 Å². The summed E-state index contributed by atoms with van der Waals surface area (Å²) in [6.45, 7) is 4.52. The number of carbonyl (C=O) groups excluding carboxylic acids is 1. The number of halogens is 1. The number of hydrogen-bond donors (Lipinski definition) is 2. The van der Waals surface area contributed by atoms with Gasteiger partial charge in [0, 0.05) is 13.1 Å². The van der Waals surface area contributed by atoms with E-state index >= 15 is 0 Å². The minimum absolute atomic E-state index is 0. The Morgan fingerprint density at radius 2 is 2.24 bits per heavy atom. The van der Waals surface area contributed by atoms with E-state index in [2.05, 4.69) is 17.2 Å². The predicted molar refractivity (Wildman–Crippen MR) is 92.4 cm³/mol. The minimum atomic E-state index is -0.158. The maximum Gasteiger partial charge on any atom is 0.242 e. The average molecular weight is 406 g/mol. The summed E-state index contributed by atoms with van der Waals surface area (Å²) < 4.78 is 5.13. The number of carbonyl (C=O) groups is 1. The first kappa shape index (κ1) is 17.8. The van der Waals surface area contributed by atoms with Gasteiger partial charge in [-0.3, -0.25) is 4.79 Å². The molecule has 1 amide bonds. The van der Waals surface area contributed by atoms with Crippen molar-refractivity contribution in [3.8, 4) is 0 Å². The van der Waals surface area contributed by atoms with Crippen LogP contribution in [-0.4, -0.2) is 36.4 Å². The molecule has 1 saturated heterocycles. The fourth-order valence-electron chi connectivity index (χ4n) is 2.15. The third-order valence-electron chi connectivity index (χ3n) is 3.53. The predicted octanol–water partition coefficient (Wildman–Crippen LogP) is 1.56. The molecule has 0 atom stereocenters. The third-order valence-corrected chi connectivity index (χ3v) is 3.53. The zero-order chi connectivity index (χ0) is 14.4. The molecule has 0 bridgehead atoms. The summed E-state index contributed by atoms with van der Waals surface area (Å²) in [5.41, 5.74) is 5.91. The van der Waals surface area contributed by atoms with Crippen molar-refractivity contribution in [2.45, 2.75) is 26.3 Å². The van der Waals surface area contributed by atoms with Crippen LogP contribution in [0.5, 0.6) is 0 Å². The highest BCUT2D eigenvalue weighted by molar-refractivity contribution is 14.0. The number of furan rings is 1. The molecule has 1 aliphatic heterocycles. The quantitative estimate of drug-likeness (QED) is 0.452. The Morgan fingerprint density at radius 3 is 2.86 bits per heavy atom. The van der Waals surface area contributed by atoms with Crippen molar-refractivity contribution < 1.29 is 9.21 Å². The molecule has 2 heterocycles. The molecule has 118 valence electrons. The molecule has 3 N–H and O–H groups in total. The van der Waals surface area contributed by atoms with Gasteiger partial charge in [-0.15, -0.1) is 24.0 Å². The number of amides is 1. The Balaban J connectivity index is 0.00000220. The molecule has 0 unspecified atom stereocenters. The Hall–Kier alpha value is -1.25. The molecule has 1 aromatic rings. The van der Waals surface area contributed by atoms with Gasteiger partial charge < -0.3 is 20.4 Å². The van der Waals surface area contributed by atoms with Crippen LogP contribution in [0.3, 0.4) is 0 Å². The molecular weight excluding hydrogens is 383 g/mol. The summed E-state index contributed by atoms with van der Waals surface area (Å²) in [5, 5.41) is 2.74. The molecule has 1 aliphatic rings. The Labute approximate surface area is 142 Å². The summed E-state index contributed by atoms with van der Waals surface area (Å²) in [6.07, 6.45) is 3.83. The van der Waals surface area contributed by atoms with Crippen LogP contribution in [0.25, 0.3) is 0 Å². The number of nitrogens with zero attached hydrogens (tertiary/aromatic N) is 2. The van der Waals surface area contributed by atoms with Gasteiger partial charge in [-0.25, -0.2) is 4.99 Å². The second kappa shape index (κ2) is 8.91. The lowest BCUT2D eigenvalue weighted by atomic mass is 10.00. The Morgan fingerprint density at radius 1 is 1.52 bits per heavy atom. The zero-order valence-electron chi connectivity index (χ0n) is 12.2.